The quantitative estimate of drug-likeness (QED) is 0.868. The van der Waals surface area contributed by atoms with Crippen molar-refractivity contribution in [1.82, 2.24) is 9.80 Å². The number of ether oxygens (including phenoxy) is 2. The fourth-order valence-electron chi connectivity index (χ4n) is 3.28. The van der Waals surface area contributed by atoms with Gasteiger partial charge >= 0.3 is 0 Å². The molecule has 1 aromatic carbocycles. The highest BCUT2D eigenvalue weighted by molar-refractivity contribution is 5.42. The highest BCUT2D eigenvalue weighted by atomic mass is 16.5. The number of benzene rings is 1. The number of hydrogen-bond donors (Lipinski definition) is 1. The average molecular weight is 308 g/mol. The molecule has 0 bridgehead atoms. The second kappa shape index (κ2) is 7.81. The van der Waals surface area contributed by atoms with Crippen LogP contribution in [0.1, 0.15) is 25.5 Å². The van der Waals surface area contributed by atoms with E-state index in [-0.39, 0.29) is 12.6 Å². The SMILES string of the molecule is CCN1CCN(C(CO)c2cc(OC)ccc2OC)C(C)C1. The molecule has 2 unspecified atom stereocenters. The summed E-state index contributed by atoms with van der Waals surface area (Å²) in [6.45, 7) is 8.56. The van der Waals surface area contributed by atoms with Gasteiger partial charge in [0.05, 0.1) is 26.9 Å². The van der Waals surface area contributed by atoms with Crippen molar-refractivity contribution < 1.29 is 14.6 Å². The van der Waals surface area contributed by atoms with Crippen molar-refractivity contribution in [2.45, 2.75) is 25.9 Å². The number of likely N-dealkylation sites (N-methyl/N-ethyl adjacent to an activating group) is 1. The number of rotatable bonds is 6. The molecule has 0 radical (unpaired) electrons. The van der Waals surface area contributed by atoms with Gasteiger partial charge in [0.15, 0.2) is 0 Å². The number of hydrogen-bond acceptors (Lipinski definition) is 5. The zero-order valence-electron chi connectivity index (χ0n) is 14.1. The number of aliphatic hydroxyl groups excluding tert-OH is 1. The van der Waals surface area contributed by atoms with Crippen molar-refractivity contribution in [3.05, 3.63) is 23.8 Å². The van der Waals surface area contributed by atoms with Gasteiger partial charge < -0.3 is 19.5 Å². The third-order valence-corrected chi connectivity index (χ3v) is 4.58. The molecular formula is C17H28N2O3. The molecule has 5 heteroatoms. The van der Waals surface area contributed by atoms with E-state index in [9.17, 15) is 5.11 Å². The maximum Gasteiger partial charge on any atom is 0.124 e. The molecule has 2 rings (SSSR count). The van der Waals surface area contributed by atoms with Crippen LogP contribution in [0.5, 0.6) is 11.5 Å². The highest BCUT2D eigenvalue weighted by Crippen LogP contribution is 2.34. The van der Waals surface area contributed by atoms with E-state index in [4.69, 9.17) is 9.47 Å². The number of methoxy groups -OCH3 is 2. The summed E-state index contributed by atoms with van der Waals surface area (Å²) >= 11 is 0. The molecule has 5 nitrogen and oxygen atoms in total. The van der Waals surface area contributed by atoms with Crippen LogP contribution in [0, 0.1) is 0 Å². The first-order chi connectivity index (χ1) is 10.6. The average Bonchev–Trinajstić information content (AvgIpc) is 2.56. The largest absolute Gasteiger partial charge is 0.497 e. The lowest BCUT2D eigenvalue weighted by Crippen LogP contribution is -2.53. The first kappa shape index (κ1) is 17.1. The van der Waals surface area contributed by atoms with E-state index in [2.05, 4.69) is 23.6 Å². The summed E-state index contributed by atoms with van der Waals surface area (Å²) in [7, 11) is 3.32. The van der Waals surface area contributed by atoms with Crippen LogP contribution in [0.25, 0.3) is 0 Å². The highest BCUT2D eigenvalue weighted by Gasteiger charge is 2.31. The predicted molar refractivity (Wildman–Crippen MR) is 87.7 cm³/mol. The van der Waals surface area contributed by atoms with Crippen LogP contribution in [-0.2, 0) is 0 Å². The molecule has 0 amide bonds. The molecule has 1 aliphatic rings. The fourth-order valence-corrected chi connectivity index (χ4v) is 3.28. The zero-order valence-corrected chi connectivity index (χ0v) is 14.1. The van der Waals surface area contributed by atoms with E-state index < -0.39 is 0 Å². The molecule has 0 spiro atoms. The van der Waals surface area contributed by atoms with Gasteiger partial charge in [-0.1, -0.05) is 6.92 Å². The van der Waals surface area contributed by atoms with E-state index in [1.807, 2.05) is 18.2 Å². The second-order valence-corrected chi connectivity index (χ2v) is 5.79. The van der Waals surface area contributed by atoms with Crippen LogP contribution in [0.2, 0.25) is 0 Å². The molecule has 1 N–H and O–H groups in total. The Balaban J connectivity index is 2.28. The van der Waals surface area contributed by atoms with Crippen molar-refractivity contribution >= 4 is 0 Å². The Kier molecular flexibility index (Phi) is 6.06. The third-order valence-electron chi connectivity index (χ3n) is 4.58. The number of piperazine rings is 1. The number of nitrogens with zero attached hydrogens (tertiary/aromatic N) is 2. The molecule has 22 heavy (non-hydrogen) atoms. The number of aliphatic hydroxyl groups is 1. The van der Waals surface area contributed by atoms with Gasteiger partial charge in [-0.15, -0.1) is 0 Å². The van der Waals surface area contributed by atoms with Gasteiger partial charge in [-0.05, 0) is 31.7 Å². The van der Waals surface area contributed by atoms with Gasteiger partial charge in [0.25, 0.3) is 0 Å². The van der Waals surface area contributed by atoms with Gasteiger partial charge in [0.1, 0.15) is 11.5 Å². The Bertz CT molecular complexity index is 481. The van der Waals surface area contributed by atoms with Crippen LogP contribution in [0.4, 0.5) is 0 Å². The lowest BCUT2D eigenvalue weighted by molar-refractivity contribution is 0.0261. The van der Waals surface area contributed by atoms with Gasteiger partial charge in [-0.25, -0.2) is 0 Å². The van der Waals surface area contributed by atoms with Gasteiger partial charge in [0, 0.05) is 31.2 Å². The predicted octanol–water partition coefficient (Wildman–Crippen LogP) is 1.76. The lowest BCUT2D eigenvalue weighted by atomic mass is 10.0. The van der Waals surface area contributed by atoms with Gasteiger partial charge in [-0.3, -0.25) is 4.90 Å². The summed E-state index contributed by atoms with van der Waals surface area (Å²) in [6, 6.07) is 6.08. The molecule has 1 fully saturated rings. The van der Waals surface area contributed by atoms with E-state index in [1.165, 1.54) is 0 Å². The fraction of sp³-hybridized carbons (Fsp3) is 0.647. The molecule has 0 aromatic heterocycles. The summed E-state index contributed by atoms with van der Waals surface area (Å²) in [6.07, 6.45) is 0. The van der Waals surface area contributed by atoms with Crippen molar-refractivity contribution in [1.29, 1.82) is 0 Å². The molecule has 2 atom stereocenters. The van der Waals surface area contributed by atoms with Crippen molar-refractivity contribution in [2.24, 2.45) is 0 Å². The summed E-state index contributed by atoms with van der Waals surface area (Å²) < 4.78 is 10.8. The smallest absolute Gasteiger partial charge is 0.124 e. The second-order valence-electron chi connectivity index (χ2n) is 5.79. The van der Waals surface area contributed by atoms with Crippen molar-refractivity contribution in [2.75, 3.05) is 47.0 Å². The Labute approximate surface area is 133 Å². The molecule has 0 saturated carbocycles. The van der Waals surface area contributed by atoms with E-state index in [1.54, 1.807) is 14.2 Å². The molecule has 1 aromatic rings. The van der Waals surface area contributed by atoms with Crippen molar-refractivity contribution in [3.63, 3.8) is 0 Å². The van der Waals surface area contributed by atoms with Gasteiger partial charge in [0.2, 0.25) is 0 Å². The minimum atomic E-state index is -0.0703. The topological polar surface area (TPSA) is 45.2 Å². The molecule has 1 saturated heterocycles. The first-order valence-electron chi connectivity index (χ1n) is 7.95. The van der Waals surface area contributed by atoms with Crippen LogP contribution >= 0.6 is 0 Å². The first-order valence-corrected chi connectivity index (χ1v) is 7.95. The maximum absolute atomic E-state index is 10.0. The van der Waals surface area contributed by atoms with Crippen LogP contribution in [0.15, 0.2) is 18.2 Å². The Hall–Kier alpha value is -1.30. The molecule has 124 valence electrons. The normalized spacial score (nSPS) is 21.6. The van der Waals surface area contributed by atoms with Crippen LogP contribution < -0.4 is 9.47 Å². The van der Waals surface area contributed by atoms with E-state index in [0.717, 1.165) is 43.2 Å². The van der Waals surface area contributed by atoms with Crippen LogP contribution in [0.3, 0.4) is 0 Å². The Morgan fingerprint density at radius 1 is 1.27 bits per heavy atom. The van der Waals surface area contributed by atoms with E-state index in [0.29, 0.717) is 6.04 Å². The Morgan fingerprint density at radius 3 is 2.59 bits per heavy atom. The summed E-state index contributed by atoms with van der Waals surface area (Å²) in [5.41, 5.74) is 0.987. The van der Waals surface area contributed by atoms with Gasteiger partial charge in [-0.2, -0.15) is 0 Å². The monoisotopic (exact) mass is 308 g/mol. The third kappa shape index (κ3) is 3.54. The lowest BCUT2D eigenvalue weighted by Gasteiger charge is -2.43. The maximum atomic E-state index is 10.0. The summed E-state index contributed by atoms with van der Waals surface area (Å²) in [4.78, 5) is 4.81. The minimum Gasteiger partial charge on any atom is -0.497 e. The van der Waals surface area contributed by atoms with Crippen molar-refractivity contribution in [3.8, 4) is 11.5 Å². The molecule has 1 aliphatic heterocycles. The van der Waals surface area contributed by atoms with Crippen LogP contribution in [-0.4, -0.2) is 68.0 Å². The standard InChI is InChI=1S/C17H28N2O3/c1-5-18-8-9-19(13(2)11-18)16(12-20)15-10-14(21-3)6-7-17(15)22-4/h6-7,10,13,16,20H,5,8-9,11-12H2,1-4H3. The minimum absolute atomic E-state index is 0.0694. The summed E-state index contributed by atoms with van der Waals surface area (Å²) in [5, 5.41) is 10.0. The Morgan fingerprint density at radius 2 is 2.05 bits per heavy atom. The zero-order chi connectivity index (χ0) is 16.1. The van der Waals surface area contributed by atoms with E-state index >= 15 is 0 Å². The molecular weight excluding hydrogens is 280 g/mol. The molecule has 0 aliphatic carbocycles. The molecule has 1 heterocycles. The summed E-state index contributed by atoms with van der Waals surface area (Å²) in [5.74, 6) is 1.58.